The van der Waals surface area contributed by atoms with Gasteiger partial charge in [-0.05, 0) is 18.4 Å². The molecule has 2 aliphatic rings. The van der Waals surface area contributed by atoms with Gasteiger partial charge in [0.2, 0.25) is 0 Å². The van der Waals surface area contributed by atoms with Gasteiger partial charge in [-0.15, -0.1) is 0 Å². The van der Waals surface area contributed by atoms with E-state index in [1.54, 1.807) is 0 Å². The minimum atomic E-state index is -0.941. The Bertz CT molecular complexity index is 813. The lowest BCUT2D eigenvalue weighted by Gasteiger charge is -2.10. The average molecular weight is 292 g/mol. The van der Waals surface area contributed by atoms with Crippen LogP contribution in [0.5, 0.6) is 5.88 Å². The summed E-state index contributed by atoms with van der Waals surface area (Å²) in [5.74, 6) is 0.0691. The molecule has 0 saturated heterocycles. The third kappa shape index (κ3) is 1.92. The number of hydrogen-bond acceptors (Lipinski definition) is 3. The molecule has 0 spiro atoms. The van der Waals surface area contributed by atoms with Gasteiger partial charge in [-0.3, -0.25) is 0 Å². The maximum Gasteiger partial charge on any atom is 0.198 e. The summed E-state index contributed by atoms with van der Waals surface area (Å²) in [7, 11) is 0. The van der Waals surface area contributed by atoms with E-state index < -0.39 is 6.23 Å². The molecule has 22 heavy (non-hydrogen) atoms. The molecule has 0 fully saturated rings. The predicted molar refractivity (Wildman–Crippen MR) is 85.8 cm³/mol. The number of nitrogens with one attached hydrogen (secondary N) is 1. The molecule has 1 aromatic heterocycles. The number of rotatable bonds is 2. The molecule has 0 bridgehead atoms. The fourth-order valence-electron chi connectivity index (χ4n) is 3.13. The van der Waals surface area contributed by atoms with Crippen molar-refractivity contribution in [3.8, 4) is 5.88 Å². The van der Waals surface area contributed by atoms with E-state index in [2.05, 4.69) is 16.1 Å². The fraction of sp³-hybridized carbons (Fsp3) is 0.167. The van der Waals surface area contributed by atoms with Crippen molar-refractivity contribution in [2.75, 3.05) is 0 Å². The van der Waals surface area contributed by atoms with E-state index in [4.69, 9.17) is 0 Å². The second-order valence-corrected chi connectivity index (χ2v) is 5.51. The van der Waals surface area contributed by atoms with Crippen LogP contribution in [0.25, 0.3) is 5.57 Å². The first-order valence-corrected chi connectivity index (χ1v) is 7.38. The first-order chi connectivity index (χ1) is 10.8. The van der Waals surface area contributed by atoms with Gasteiger partial charge in [0, 0.05) is 11.1 Å². The topological polar surface area (TPSA) is 68.6 Å². The molecule has 1 atom stereocenters. The lowest BCUT2D eigenvalue weighted by molar-refractivity contribution is 0.192. The minimum absolute atomic E-state index is 0.0691. The van der Waals surface area contributed by atoms with Crippen LogP contribution in [0.15, 0.2) is 53.6 Å². The molecule has 4 nitrogen and oxygen atoms in total. The van der Waals surface area contributed by atoms with Gasteiger partial charge in [0.25, 0.3) is 0 Å². The van der Waals surface area contributed by atoms with E-state index in [1.807, 2.05) is 42.5 Å². The highest BCUT2D eigenvalue weighted by molar-refractivity contribution is 6.17. The number of aromatic amines is 1. The number of H-pyrrole nitrogens is 1. The zero-order valence-electron chi connectivity index (χ0n) is 12.0. The normalized spacial score (nSPS) is 19.8. The molecule has 110 valence electrons. The zero-order chi connectivity index (χ0) is 15.1. The van der Waals surface area contributed by atoms with Gasteiger partial charge >= 0.3 is 0 Å². The van der Waals surface area contributed by atoms with E-state index in [0.717, 1.165) is 29.7 Å². The summed E-state index contributed by atoms with van der Waals surface area (Å²) < 4.78 is 0. The SMILES string of the molecule is Oc1[nH]c(C2=CC=CCC2)c2c1C(c1ccccc1)=NC2O. The quantitative estimate of drug-likeness (QED) is 0.795. The number of aliphatic hydroxyl groups is 1. The number of aliphatic hydroxyl groups excluding tert-OH is 1. The van der Waals surface area contributed by atoms with Crippen LogP contribution < -0.4 is 0 Å². The first-order valence-electron chi connectivity index (χ1n) is 7.38. The number of nitrogens with zero attached hydrogens (tertiary/aromatic N) is 1. The van der Waals surface area contributed by atoms with Gasteiger partial charge in [0.05, 0.1) is 17.0 Å². The predicted octanol–water partition coefficient (Wildman–Crippen LogP) is 3.30. The van der Waals surface area contributed by atoms with Crippen LogP contribution in [0.2, 0.25) is 0 Å². The molecule has 0 amide bonds. The Balaban J connectivity index is 1.86. The Morgan fingerprint density at radius 2 is 2.00 bits per heavy atom. The second kappa shape index (κ2) is 5.00. The molecular formula is C18H16N2O2. The van der Waals surface area contributed by atoms with Gasteiger partial charge < -0.3 is 15.2 Å². The van der Waals surface area contributed by atoms with Crippen LogP contribution in [-0.4, -0.2) is 20.9 Å². The molecule has 0 radical (unpaired) electrons. The summed E-state index contributed by atoms with van der Waals surface area (Å²) in [6.45, 7) is 0. The summed E-state index contributed by atoms with van der Waals surface area (Å²) in [5.41, 5.74) is 4.69. The summed E-state index contributed by atoms with van der Waals surface area (Å²) in [6, 6.07) is 9.62. The van der Waals surface area contributed by atoms with E-state index in [0.29, 0.717) is 16.8 Å². The van der Waals surface area contributed by atoms with Crippen molar-refractivity contribution < 1.29 is 10.2 Å². The summed E-state index contributed by atoms with van der Waals surface area (Å²) >= 11 is 0. The Labute approximate surface area is 128 Å². The highest BCUT2D eigenvalue weighted by Gasteiger charge is 2.33. The zero-order valence-corrected chi connectivity index (χ0v) is 12.0. The van der Waals surface area contributed by atoms with Crippen LogP contribution in [0.1, 0.15) is 41.5 Å². The van der Waals surface area contributed by atoms with E-state index in [-0.39, 0.29) is 5.88 Å². The molecule has 4 heteroatoms. The van der Waals surface area contributed by atoms with Gasteiger partial charge in [-0.25, -0.2) is 4.99 Å². The van der Waals surface area contributed by atoms with Gasteiger partial charge in [-0.2, -0.15) is 0 Å². The van der Waals surface area contributed by atoms with E-state index >= 15 is 0 Å². The van der Waals surface area contributed by atoms with Crippen molar-refractivity contribution in [3.05, 3.63) is 70.9 Å². The Morgan fingerprint density at radius 3 is 2.73 bits per heavy atom. The van der Waals surface area contributed by atoms with E-state index in [1.165, 1.54) is 0 Å². The lowest BCUT2D eigenvalue weighted by Crippen LogP contribution is -1.99. The van der Waals surface area contributed by atoms with Crippen molar-refractivity contribution in [3.63, 3.8) is 0 Å². The molecule has 1 aliphatic heterocycles. The molecule has 1 aromatic carbocycles. The van der Waals surface area contributed by atoms with Crippen molar-refractivity contribution in [1.82, 2.24) is 4.98 Å². The molecule has 2 heterocycles. The third-order valence-electron chi connectivity index (χ3n) is 4.15. The number of hydrogen-bond donors (Lipinski definition) is 3. The largest absolute Gasteiger partial charge is 0.494 e. The average Bonchev–Trinajstić information content (AvgIpc) is 3.09. The standard InChI is InChI=1S/C18H16N2O2/c21-17-13-14(16(20-17)12-9-5-2-6-10-12)18(22)19-15(13)11-7-3-1-4-8-11/h1-5,7-9,18,20-22H,6,10H2. The van der Waals surface area contributed by atoms with Crippen molar-refractivity contribution >= 4 is 11.3 Å². The molecule has 0 saturated carbocycles. The van der Waals surface area contributed by atoms with E-state index in [9.17, 15) is 10.2 Å². The van der Waals surface area contributed by atoms with Crippen LogP contribution in [-0.2, 0) is 0 Å². The number of aliphatic imine (C=N–C) groups is 1. The Hall–Kier alpha value is -2.59. The summed E-state index contributed by atoms with van der Waals surface area (Å²) in [4.78, 5) is 7.38. The highest BCUT2D eigenvalue weighted by atomic mass is 16.3. The molecular weight excluding hydrogens is 276 g/mol. The minimum Gasteiger partial charge on any atom is -0.494 e. The highest BCUT2D eigenvalue weighted by Crippen LogP contribution is 2.42. The van der Waals surface area contributed by atoms with Crippen LogP contribution in [0.3, 0.4) is 0 Å². The number of fused-ring (bicyclic) bond motifs is 1. The molecule has 1 unspecified atom stereocenters. The van der Waals surface area contributed by atoms with Crippen LogP contribution in [0.4, 0.5) is 0 Å². The maximum atomic E-state index is 10.4. The molecule has 4 rings (SSSR count). The van der Waals surface area contributed by atoms with Crippen molar-refractivity contribution in [2.24, 2.45) is 4.99 Å². The van der Waals surface area contributed by atoms with Crippen LogP contribution in [0, 0.1) is 0 Å². The van der Waals surface area contributed by atoms with Gasteiger partial charge in [0.1, 0.15) is 0 Å². The summed E-state index contributed by atoms with van der Waals surface area (Å²) in [5, 5.41) is 20.7. The fourth-order valence-corrected chi connectivity index (χ4v) is 3.13. The molecule has 1 aliphatic carbocycles. The third-order valence-corrected chi connectivity index (χ3v) is 4.15. The maximum absolute atomic E-state index is 10.4. The first kappa shape index (κ1) is 13.1. The number of allylic oxidation sites excluding steroid dienone is 4. The summed E-state index contributed by atoms with van der Waals surface area (Å²) in [6.07, 6.45) is 7.03. The van der Waals surface area contributed by atoms with Crippen LogP contribution >= 0.6 is 0 Å². The molecule has 3 N–H and O–H groups in total. The van der Waals surface area contributed by atoms with Gasteiger partial charge in [-0.1, -0.05) is 48.6 Å². The number of benzene rings is 1. The Kier molecular flexibility index (Phi) is 2.98. The van der Waals surface area contributed by atoms with Gasteiger partial charge in [0.15, 0.2) is 12.1 Å². The van der Waals surface area contributed by atoms with Crippen molar-refractivity contribution in [2.45, 2.75) is 19.1 Å². The number of aromatic hydroxyl groups is 1. The number of aromatic nitrogens is 1. The van der Waals surface area contributed by atoms with Crippen molar-refractivity contribution in [1.29, 1.82) is 0 Å². The lowest BCUT2D eigenvalue weighted by atomic mass is 9.96. The monoisotopic (exact) mass is 292 g/mol. The smallest absolute Gasteiger partial charge is 0.198 e. The molecule has 2 aromatic rings. The second-order valence-electron chi connectivity index (χ2n) is 5.51. The Morgan fingerprint density at radius 1 is 1.18 bits per heavy atom.